The zero-order chi connectivity index (χ0) is 18.1. The van der Waals surface area contributed by atoms with Gasteiger partial charge in [-0.25, -0.2) is 4.79 Å². The Labute approximate surface area is 146 Å². The van der Waals surface area contributed by atoms with Crippen molar-refractivity contribution in [3.8, 4) is 11.5 Å². The Kier molecular flexibility index (Phi) is 6.83. The van der Waals surface area contributed by atoms with Gasteiger partial charge < -0.3 is 19.9 Å². The summed E-state index contributed by atoms with van der Waals surface area (Å²) in [5.74, 6) is -0.134. The molecule has 2 N–H and O–H groups in total. The number of hydrogen-bond acceptors (Lipinski definition) is 4. The summed E-state index contributed by atoms with van der Waals surface area (Å²) in [6, 6.07) is 14.0. The normalized spacial score (nSPS) is 10.1. The summed E-state index contributed by atoms with van der Waals surface area (Å²) < 4.78 is 10.7. The molecule has 0 atom stereocenters. The van der Waals surface area contributed by atoms with Gasteiger partial charge in [0.2, 0.25) is 0 Å². The lowest BCUT2D eigenvalue weighted by Gasteiger charge is -2.09. The summed E-state index contributed by atoms with van der Waals surface area (Å²) in [4.78, 5) is 22.8. The van der Waals surface area contributed by atoms with Crippen molar-refractivity contribution in [1.82, 2.24) is 5.32 Å². The molecule has 0 aliphatic heterocycles. The van der Waals surface area contributed by atoms with Gasteiger partial charge >= 0.3 is 5.97 Å². The van der Waals surface area contributed by atoms with Gasteiger partial charge in [0.25, 0.3) is 5.91 Å². The molecule has 0 heterocycles. The van der Waals surface area contributed by atoms with Crippen LogP contribution in [0.25, 0.3) is 0 Å². The number of benzene rings is 2. The Hall–Kier alpha value is -3.02. The summed E-state index contributed by atoms with van der Waals surface area (Å²) >= 11 is 0. The van der Waals surface area contributed by atoms with E-state index in [0.29, 0.717) is 30.2 Å². The number of rotatable bonds is 9. The zero-order valence-corrected chi connectivity index (χ0v) is 14.0. The van der Waals surface area contributed by atoms with Gasteiger partial charge in [0.15, 0.2) is 6.61 Å². The summed E-state index contributed by atoms with van der Waals surface area (Å²) in [7, 11) is 0. The number of ether oxygens (including phenoxy) is 2. The van der Waals surface area contributed by atoms with Gasteiger partial charge in [-0.3, -0.25) is 4.79 Å². The number of carboxylic acids is 1. The predicted molar refractivity (Wildman–Crippen MR) is 93.0 cm³/mol. The minimum absolute atomic E-state index is 0.209. The monoisotopic (exact) mass is 343 g/mol. The second kappa shape index (κ2) is 9.32. The van der Waals surface area contributed by atoms with Crippen molar-refractivity contribution in [2.75, 3.05) is 13.2 Å². The molecule has 0 saturated carbocycles. The van der Waals surface area contributed by atoms with Crippen LogP contribution in [0, 0.1) is 0 Å². The first-order valence-corrected chi connectivity index (χ1v) is 8.03. The van der Waals surface area contributed by atoms with Crippen LogP contribution in [0.5, 0.6) is 11.5 Å². The van der Waals surface area contributed by atoms with E-state index in [1.54, 1.807) is 36.4 Å². The minimum Gasteiger partial charge on any atom is -0.494 e. The highest BCUT2D eigenvalue weighted by Crippen LogP contribution is 2.15. The fourth-order valence-electron chi connectivity index (χ4n) is 2.12. The Morgan fingerprint density at radius 2 is 1.76 bits per heavy atom. The van der Waals surface area contributed by atoms with Crippen LogP contribution in [0.4, 0.5) is 0 Å². The van der Waals surface area contributed by atoms with Crippen molar-refractivity contribution < 1.29 is 24.2 Å². The SMILES string of the molecule is CCCOc1cccc(C(=O)NCc2cccc(OCC(=O)O)c2)c1. The Balaban J connectivity index is 1.93. The topological polar surface area (TPSA) is 84.9 Å². The Bertz CT molecular complexity index is 729. The molecular formula is C19H21NO5. The third kappa shape index (κ3) is 6.18. The van der Waals surface area contributed by atoms with Gasteiger partial charge in [-0.2, -0.15) is 0 Å². The second-order valence-electron chi connectivity index (χ2n) is 5.39. The molecule has 0 bridgehead atoms. The molecule has 2 aromatic carbocycles. The standard InChI is InChI=1S/C19H21NO5/c1-2-9-24-17-8-4-6-15(11-17)19(23)20-12-14-5-3-7-16(10-14)25-13-18(21)22/h3-8,10-11H,2,9,12-13H2,1H3,(H,20,23)(H,21,22). The van der Waals surface area contributed by atoms with E-state index in [4.69, 9.17) is 14.6 Å². The van der Waals surface area contributed by atoms with Gasteiger partial charge in [-0.1, -0.05) is 25.1 Å². The lowest BCUT2D eigenvalue weighted by atomic mass is 10.1. The third-order valence-electron chi connectivity index (χ3n) is 3.28. The molecule has 0 radical (unpaired) electrons. The van der Waals surface area contributed by atoms with Crippen LogP contribution in [0.2, 0.25) is 0 Å². The summed E-state index contributed by atoms with van der Waals surface area (Å²) in [5, 5.41) is 11.5. The number of nitrogens with one attached hydrogen (secondary N) is 1. The fraction of sp³-hybridized carbons (Fsp3) is 0.263. The molecule has 25 heavy (non-hydrogen) atoms. The van der Waals surface area contributed by atoms with E-state index in [-0.39, 0.29) is 5.91 Å². The van der Waals surface area contributed by atoms with E-state index in [1.807, 2.05) is 19.1 Å². The highest BCUT2D eigenvalue weighted by atomic mass is 16.5. The molecule has 0 saturated heterocycles. The van der Waals surface area contributed by atoms with Crippen LogP contribution in [-0.4, -0.2) is 30.2 Å². The molecule has 0 unspecified atom stereocenters. The molecule has 0 spiro atoms. The summed E-state index contributed by atoms with van der Waals surface area (Å²) in [5.41, 5.74) is 1.33. The van der Waals surface area contributed by atoms with Crippen LogP contribution >= 0.6 is 0 Å². The first-order chi connectivity index (χ1) is 12.1. The van der Waals surface area contributed by atoms with Crippen LogP contribution in [0.15, 0.2) is 48.5 Å². The third-order valence-corrected chi connectivity index (χ3v) is 3.28. The zero-order valence-electron chi connectivity index (χ0n) is 14.0. The quantitative estimate of drug-likeness (QED) is 0.731. The van der Waals surface area contributed by atoms with Gasteiger partial charge in [-0.15, -0.1) is 0 Å². The number of hydrogen-bond donors (Lipinski definition) is 2. The minimum atomic E-state index is -1.04. The number of carbonyl (C=O) groups excluding carboxylic acids is 1. The molecule has 0 fully saturated rings. The van der Waals surface area contributed by atoms with E-state index < -0.39 is 12.6 Å². The molecule has 1 amide bonds. The number of carboxylic acid groups (broad SMARTS) is 1. The first-order valence-electron chi connectivity index (χ1n) is 8.03. The lowest BCUT2D eigenvalue weighted by molar-refractivity contribution is -0.139. The van der Waals surface area contributed by atoms with Crippen LogP contribution in [0.3, 0.4) is 0 Å². The van der Waals surface area contributed by atoms with E-state index in [9.17, 15) is 9.59 Å². The van der Waals surface area contributed by atoms with Gasteiger partial charge in [0.05, 0.1) is 6.61 Å². The number of amides is 1. The second-order valence-corrected chi connectivity index (χ2v) is 5.39. The average Bonchev–Trinajstić information content (AvgIpc) is 2.63. The maximum absolute atomic E-state index is 12.3. The Morgan fingerprint density at radius 1 is 1.04 bits per heavy atom. The molecule has 0 aromatic heterocycles. The van der Waals surface area contributed by atoms with E-state index in [2.05, 4.69) is 5.32 Å². The van der Waals surface area contributed by atoms with E-state index in [0.717, 1.165) is 12.0 Å². The molecule has 6 heteroatoms. The Morgan fingerprint density at radius 3 is 2.48 bits per heavy atom. The van der Waals surface area contributed by atoms with Crippen molar-refractivity contribution in [2.45, 2.75) is 19.9 Å². The van der Waals surface area contributed by atoms with Crippen LogP contribution < -0.4 is 14.8 Å². The highest BCUT2D eigenvalue weighted by molar-refractivity contribution is 5.94. The molecule has 0 aliphatic rings. The maximum Gasteiger partial charge on any atom is 0.341 e. The molecule has 6 nitrogen and oxygen atoms in total. The van der Waals surface area contributed by atoms with Crippen molar-refractivity contribution in [3.05, 3.63) is 59.7 Å². The first kappa shape index (κ1) is 18.3. The smallest absolute Gasteiger partial charge is 0.341 e. The molecule has 132 valence electrons. The van der Waals surface area contributed by atoms with Crippen LogP contribution in [0.1, 0.15) is 29.3 Å². The van der Waals surface area contributed by atoms with E-state index in [1.165, 1.54) is 0 Å². The molecule has 0 aliphatic carbocycles. The molecule has 2 aromatic rings. The molecule has 2 rings (SSSR count). The van der Waals surface area contributed by atoms with Gasteiger partial charge in [-0.05, 0) is 42.3 Å². The van der Waals surface area contributed by atoms with Crippen molar-refractivity contribution in [3.63, 3.8) is 0 Å². The number of aliphatic carboxylic acids is 1. The van der Waals surface area contributed by atoms with Crippen molar-refractivity contribution in [2.24, 2.45) is 0 Å². The fourth-order valence-corrected chi connectivity index (χ4v) is 2.12. The number of carbonyl (C=O) groups is 2. The van der Waals surface area contributed by atoms with Crippen molar-refractivity contribution >= 4 is 11.9 Å². The lowest BCUT2D eigenvalue weighted by Crippen LogP contribution is -2.22. The van der Waals surface area contributed by atoms with Gasteiger partial charge in [0.1, 0.15) is 11.5 Å². The van der Waals surface area contributed by atoms with Crippen molar-refractivity contribution in [1.29, 1.82) is 0 Å². The largest absolute Gasteiger partial charge is 0.494 e. The summed E-state index contributed by atoms with van der Waals surface area (Å²) in [6.07, 6.45) is 0.900. The van der Waals surface area contributed by atoms with E-state index >= 15 is 0 Å². The molecular weight excluding hydrogens is 322 g/mol. The summed E-state index contributed by atoms with van der Waals surface area (Å²) in [6.45, 7) is 2.53. The predicted octanol–water partition coefficient (Wildman–Crippen LogP) is 2.87. The highest BCUT2D eigenvalue weighted by Gasteiger charge is 2.07. The van der Waals surface area contributed by atoms with Crippen LogP contribution in [-0.2, 0) is 11.3 Å². The van der Waals surface area contributed by atoms with Gasteiger partial charge in [0, 0.05) is 12.1 Å². The average molecular weight is 343 g/mol. The maximum atomic E-state index is 12.3.